The van der Waals surface area contributed by atoms with Crippen LogP contribution in [0.25, 0.3) is 0 Å². The van der Waals surface area contributed by atoms with Crippen molar-refractivity contribution >= 4 is 10.0 Å². The molecule has 0 aliphatic carbocycles. The zero-order valence-electron chi connectivity index (χ0n) is 13.1. The molecule has 0 radical (unpaired) electrons. The molecule has 1 heterocycles. The summed E-state index contributed by atoms with van der Waals surface area (Å²) in [6.07, 6.45) is 0. The molecule has 1 aromatic carbocycles. The highest BCUT2D eigenvalue weighted by Crippen LogP contribution is 2.14. The predicted octanol–water partition coefficient (Wildman–Crippen LogP) is 2.23. The molecule has 0 saturated heterocycles. The number of nitrogens with one attached hydrogen (secondary N) is 1. The molecule has 1 N–H and O–H groups in total. The van der Waals surface area contributed by atoms with E-state index in [1.165, 1.54) is 19.1 Å². The van der Waals surface area contributed by atoms with E-state index in [1.54, 1.807) is 4.68 Å². The first-order valence-electron chi connectivity index (χ1n) is 6.99. The summed E-state index contributed by atoms with van der Waals surface area (Å²) < 4.78 is 41.9. The summed E-state index contributed by atoms with van der Waals surface area (Å²) in [7, 11) is -3.64. The van der Waals surface area contributed by atoms with Crippen LogP contribution < -0.4 is 4.72 Å². The Morgan fingerprint density at radius 2 is 1.91 bits per heavy atom. The van der Waals surface area contributed by atoms with Gasteiger partial charge < -0.3 is 0 Å². The van der Waals surface area contributed by atoms with Crippen molar-refractivity contribution in [3.8, 4) is 0 Å². The molecule has 7 heteroatoms. The van der Waals surface area contributed by atoms with E-state index < -0.39 is 15.8 Å². The highest BCUT2D eigenvalue weighted by Gasteiger charge is 2.15. The molecule has 0 fully saturated rings. The lowest BCUT2D eigenvalue weighted by Crippen LogP contribution is -2.28. The fraction of sp³-hybridized carbons (Fsp3) is 0.400. The summed E-state index contributed by atoms with van der Waals surface area (Å²) in [5.41, 5.74) is 3.37. The molecule has 2 aromatic rings. The highest BCUT2D eigenvalue weighted by atomic mass is 32.2. The summed E-state index contributed by atoms with van der Waals surface area (Å²) in [6.45, 7) is 8.06. The zero-order chi connectivity index (χ0) is 16.5. The van der Waals surface area contributed by atoms with Crippen molar-refractivity contribution < 1.29 is 12.8 Å². The van der Waals surface area contributed by atoms with Gasteiger partial charge in [0.15, 0.2) is 0 Å². The number of halogens is 1. The summed E-state index contributed by atoms with van der Waals surface area (Å²) in [5, 5.41) is 4.36. The van der Waals surface area contributed by atoms with Crippen molar-refractivity contribution in [2.75, 3.05) is 6.54 Å². The Balaban J connectivity index is 2.06. The SMILES string of the molecule is Cc1cc(S(=O)(=O)NCCn2nc(C)c(C)c2C)ccc1F. The van der Waals surface area contributed by atoms with Gasteiger partial charge in [-0.3, -0.25) is 4.68 Å². The van der Waals surface area contributed by atoms with Gasteiger partial charge >= 0.3 is 0 Å². The Morgan fingerprint density at radius 1 is 1.23 bits per heavy atom. The van der Waals surface area contributed by atoms with Crippen molar-refractivity contribution in [2.45, 2.75) is 39.1 Å². The van der Waals surface area contributed by atoms with Crippen molar-refractivity contribution in [3.05, 3.63) is 46.5 Å². The fourth-order valence-corrected chi connectivity index (χ4v) is 3.26. The van der Waals surface area contributed by atoms with E-state index in [0.717, 1.165) is 23.0 Å². The molecule has 120 valence electrons. The van der Waals surface area contributed by atoms with Crippen LogP contribution in [0.15, 0.2) is 23.1 Å². The summed E-state index contributed by atoms with van der Waals surface area (Å²) in [5.74, 6) is -0.419. The molecule has 2 rings (SSSR count). The molecule has 0 spiro atoms. The first-order valence-corrected chi connectivity index (χ1v) is 8.47. The number of sulfonamides is 1. The second-order valence-corrected chi connectivity index (χ2v) is 7.09. The van der Waals surface area contributed by atoms with Crippen LogP contribution in [0.4, 0.5) is 4.39 Å². The van der Waals surface area contributed by atoms with E-state index in [1.807, 2.05) is 20.8 Å². The van der Waals surface area contributed by atoms with E-state index in [0.29, 0.717) is 12.1 Å². The minimum atomic E-state index is -3.64. The lowest BCUT2D eigenvalue weighted by molar-refractivity contribution is 0.553. The van der Waals surface area contributed by atoms with E-state index in [2.05, 4.69) is 9.82 Å². The van der Waals surface area contributed by atoms with Crippen LogP contribution in [0.2, 0.25) is 0 Å². The van der Waals surface area contributed by atoms with Gasteiger partial charge in [0.05, 0.1) is 17.1 Å². The molecule has 0 saturated carbocycles. The van der Waals surface area contributed by atoms with Gasteiger partial charge in [-0.15, -0.1) is 0 Å². The number of benzene rings is 1. The molecule has 0 atom stereocenters. The number of nitrogens with zero attached hydrogens (tertiary/aromatic N) is 2. The monoisotopic (exact) mass is 325 g/mol. The van der Waals surface area contributed by atoms with E-state index in [4.69, 9.17) is 0 Å². The van der Waals surface area contributed by atoms with Gasteiger partial charge in [-0.1, -0.05) is 0 Å². The van der Waals surface area contributed by atoms with Crippen LogP contribution in [-0.4, -0.2) is 24.7 Å². The third-order valence-corrected chi connectivity index (χ3v) is 5.26. The third-order valence-electron chi connectivity index (χ3n) is 3.80. The topological polar surface area (TPSA) is 64.0 Å². The van der Waals surface area contributed by atoms with Gasteiger partial charge in [-0.25, -0.2) is 17.5 Å². The van der Waals surface area contributed by atoms with E-state index in [9.17, 15) is 12.8 Å². The van der Waals surface area contributed by atoms with Crippen LogP contribution >= 0.6 is 0 Å². The number of aryl methyl sites for hydroxylation is 2. The number of hydrogen-bond donors (Lipinski definition) is 1. The van der Waals surface area contributed by atoms with Gasteiger partial charge in [0.25, 0.3) is 0 Å². The standard InChI is InChI=1S/C15H20FN3O2S/c1-10-9-14(5-6-15(10)16)22(20,21)17-7-8-19-13(4)11(2)12(3)18-19/h5-6,9,17H,7-8H2,1-4H3. The fourth-order valence-electron chi connectivity index (χ4n) is 2.16. The Labute approximate surface area is 130 Å². The third kappa shape index (κ3) is 3.36. The van der Waals surface area contributed by atoms with Crippen LogP contribution in [0.5, 0.6) is 0 Å². The van der Waals surface area contributed by atoms with Crippen molar-refractivity contribution in [3.63, 3.8) is 0 Å². The second kappa shape index (κ2) is 6.18. The minimum absolute atomic E-state index is 0.0657. The largest absolute Gasteiger partial charge is 0.268 e. The van der Waals surface area contributed by atoms with Gasteiger partial charge in [0.1, 0.15) is 5.82 Å². The molecule has 22 heavy (non-hydrogen) atoms. The lowest BCUT2D eigenvalue weighted by atomic mass is 10.2. The van der Waals surface area contributed by atoms with Crippen LogP contribution in [0.3, 0.4) is 0 Å². The molecule has 0 amide bonds. The summed E-state index contributed by atoms with van der Waals surface area (Å²) in [6, 6.07) is 3.75. The first kappa shape index (κ1) is 16.6. The van der Waals surface area contributed by atoms with E-state index in [-0.39, 0.29) is 11.4 Å². The molecule has 1 aromatic heterocycles. The van der Waals surface area contributed by atoms with Crippen molar-refractivity contribution in [2.24, 2.45) is 0 Å². The van der Waals surface area contributed by atoms with Gasteiger partial charge in [-0.05, 0) is 57.0 Å². The van der Waals surface area contributed by atoms with Gasteiger partial charge in [-0.2, -0.15) is 5.10 Å². The summed E-state index contributed by atoms with van der Waals surface area (Å²) in [4.78, 5) is 0.0657. The first-order chi connectivity index (χ1) is 10.2. The number of aromatic nitrogens is 2. The van der Waals surface area contributed by atoms with Crippen LogP contribution in [-0.2, 0) is 16.6 Å². The zero-order valence-corrected chi connectivity index (χ0v) is 14.0. The van der Waals surface area contributed by atoms with Crippen molar-refractivity contribution in [1.82, 2.24) is 14.5 Å². The maximum absolute atomic E-state index is 13.2. The average molecular weight is 325 g/mol. The Kier molecular flexibility index (Phi) is 4.67. The Bertz CT molecular complexity index is 797. The van der Waals surface area contributed by atoms with Gasteiger partial charge in [0, 0.05) is 12.2 Å². The lowest BCUT2D eigenvalue weighted by Gasteiger charge is -2.09. The minimum Gasteiger partial charge on any atom is -0.268 e. The average Bonchev–Trinajstić information content (AvgIpc) is 2.69. The highest BCUT2D eigenvalue weighted by molar-refractivity contribution is 7.89. The molecule has 0 aliphatic rings. The molecule has 0 unspecified atom stereocenters. The van der Waals surface area contributed by atoms with E-state index >= 15 is 0 Å². The second-order valence-electron chi connectivity index (χ2n) is 5.33. The van der Waals surface area contributed by atoms with Gasteiger partial charge in [0.2, 0.25) is 10.0 Å². The molecule has 5 nitrogen and oxygen atoms in total. The molecule has 0 aliphatic heterocycles. The number of rotatable bonds is 5. The van der Waals surface area contributed by atoms with Crippen LogP contribution in [0, 0.1) is 33.5 Å². The summed E-state index contributed by atoms with van der Waals surface area (Å²) >= 11 is 0. The molecular weight excluding hydrogens is 305 g/mol. The quantitative estimate of drug-likeness (QED) is 0.917. The maximum atomic E-state index is 13.2. The molecular formula is C15H20FN3O2S. The smallest absolute Gasteiger partial charge is 0.240 e. The number of hydrogen-bond acceptors (Lipinski definition) is 3. The Morgan fingerprint density at radius 3 is 2.45 bits per heavy atom. The normalized spacial score (nSPS) is 11.9. The van der Waals surface area contributed by atoms with Crippen LogP contribution in [0.1, 0.15) is 22.5 Å². The van der Waals surface area contributed by atoms with Crippen molar-refractivity contribution in [1.29, 1.82) is 0 Å². The maximum Gasteiger partial charge on any atom is 0.240 e. The molecule has 0 bridgehead atoms. The Hall–Kier alpha value is -1.73. The predicted molar refractivity (Wildman–Crippen MR) is 82.8 cm³/mol.